The molecule has 0 heterocycles. The van der Waals surface area contributed by atoms with E-state index in [-0.39, 0.29) is 29.9 Å². The molecule has 2 aromatic carbocycles. The lowest BCUT2D eigenvalue weighted by Gasteiger charge is -2.22. The zero-order valence-electron chi connectivity index (χ0n) is 17.6. The molecule has 158 valence electrons. The predicted octanol–water partition coefficient (Wildman–Crippen LogP) is 4.05. The van der Waals surface area contributed by atoms with Crippen LogP contribution in [0.15, 0.2) is 53.5 Å². The van der Waals surface area contributed by atoms with Crippen molar-refractivity contribution in [1.29, 1.82) is 0 Å². The number of rotatable bonds is 8. The molecule has 0 aliphatic carbocycles. The molecular weight excluding hydrogens is 479 g/mol. The Labute approximate surface area is 190 Å². The molecule has 0 saturated carbocycles. The zero-order valence-corrected chi connectivity index (χ0v) is 19.9. The summed E-state index contributed by atoms with van der Waals surface area (Å²) in [6.45, 7) is 8.20. The number of ether oxygens (including phenoxy) is 1. The van der Waals surface area contributed by atoms with E-state index in [4.69, 9.17) is 4.74 Å². The van der Waals surface area contributed by atoms with Gasteiger partial charge < -0.3 is 20.3 Å². The fourth-order valence-corrected chi connectivity index (χ4v) is 2.69. The van der Waals surface area contributed by atoms with Gasteiger partial charge in [-0.2, -0.15) is 0 Å². The van der Waals surface area contributed by atoms with E-state index in [9.17, 15) is 4.79 Å². The van der Waals surface area contributed by atoms with Gasteiger partial charge in [-0.3, -0.25) is 4.79 Å². The van der Waals surface area contributed by atoms with Gasteiger partial charge in [0.15, 0.2) is 5.96 Å². The zero-order chi connectivity index (χ0) is 20.4. The van der Waals surface area contributed by atoms with E-state index >= 15 is 0 Å². The second-order valence-electron chi connectivity index (χ2n) is 6.63. The minimum absolute atomic E-state index is 0. The van der Waals surface area contributed by atoms with E-state index in [2.05, 4.69) is 58.6 Å². The van der Waals surface area contributed by atoms with Gasteiger partial charge in [0.1, 0.15) is 12.4 Å². The minimum atomic E-state index is -0.103. The minimum Gasteiger partial charge on any atom is -0.492 e. The fourth-order valence-electron chi connectivity index (χ4n) is 2.69. The maximum atomic E-state index is 11.2. The van der Waals surface area contributed by atoms with Crippen molar-refractivity contribution in [3.8, 4) is 5.75 Å². The summed E-state index contributed by atoms with van der Waals surface area (Å²) in [6.07, 6.45) is 0. The van der Waals surface area contributed by atoms with Crippen molar-refractivity contribution >= 4 is 41.5 Å². The summed E-state index contributed by atoms with van der Waals surface area (Å²) in [4.78, 5) is 17.9. The number of anilines is 1. The molecule has 0 saturated heterocycles. The van der Waals surface area contributed by atoms with Crippen molar-refractivity contribution in [2.24, 2.45) is 4.99 Å². The lowest BCUT2D eigenvalue weighted by molar-refractivity contribution is -0.114. The highest BCUT2D eigenvalue weighted by Gasteiger charge is 2.06. The summed E-state index contributed by atoms with van der Waals surface area (Å²) in [5.74, 6) is 1.45. The summed E-state index contributed by atoms with van der Waals surface area (Å²) in [5.41, 5.74) is 3.22. The van der Waals surface area contributed by atoms with Crippen LogP contribution in [0.1, 0.15) is 25.0 Å². The Morgan fingerprint density at radius 2 is 1.90 bits per heavy atom. The number of amides is 1. The first kappa shape index (κ1) is 24.7. The summed E-state index contributed by atoms with van der Waals surface area (Å²) in [6, 6.07) is 15.9. The molecule has 1 amide bonds. The van der Waals surface area contributed by atoms with E-state index in [1.807, 2.05) is 25.2 Å². The van der Waals surface area contributed by atoms with Gasteiger partial charge in [-0.15, -0.1) is 24.0 Å². The number of hydrogen-bond acceptors (Lipinski definition) is 3. The highest BCUT2D eigenvalue weighted by atomic mass is 127. The van der Waals surface area contributed by atoms with Crippen molar-refractivity contribution in [3.05, 3.63) is 59.7 Å². The normalized spacial score (nSPS) is 10.7. The van der Waals surface area contributed by atoms with Gasteiger partial charge in [0.05, 0.1) is 6.54 Å². The molecule has 7 heteroatoms. The number of benzene rings is 2. The Hall–Kier alpha value is -2.29. The summed E-state index contributed by atoms with van der Waals surface area (Å²) < 4.78 is 5.76. The third kappa shape index (κ3) is 9.17. The summed E-state index contributed by atoms with van der Waals surface area (Å²) in [5, 5.41) is 6.07. The van der Waals surface area contributed by atoms with E-state index in [0.29, 0.717) is 18.9 Å². The molecule has 0 bridgehead atoms. The van der Waals surface area contributed by atoms with Crippen LogP contribution in [-0.4, -0.2) is 43.5 Å². The van der Waals surface area contributed by atoms with E-state index in [0.717, 1.165) is 24.7 Å². The molecule has 6 nitrogen and oxygen atoms in total. The second-order valence-corrected chi connectivity index (χ2v) is 6.63. The Kier molecular flexibility index (Phi) is 11.1. The van der Waals surface area contributed by atoms with Crippen LogP contribution in [0.4, 0.5) is 5.69 Å². The van der Waals surface area contributed by atoms with E-state index in [1.165, 1.54) is 18.1 Å². The van der Waals surface area contributed by atoms with Crippen LogP contribution in [0.2, 0.25) is 0 Å². The van der Waals surface area contributed by atoms with Crippen molar-refractivity contribution in [1.82, 2.24) is 10.2 Å². The SMILES string of the molecule is CCNC(=NCCOc1cccc(NC(C)=O)c1)N(C)Cc1ccc(C)cc1.I. The number of aryl methyl sites for hydroxylation is 1. The molecule has 0 spiro atoms. The van der Waals surface area contributed by atoms with E-state index in [1.54, 1.807) is 6.07 Å². The van der Waals surface area contributed by atoms with Crippen LogP contribution in [0.5, 0.6) is 5.75 Å². The van der Waals surface area contributed by atoms with Crippen molar-refractivity contribution in [2.45, 2.75) is 27.3 Å². The molecule has 2 aromatic rings. The topological polar surface area (TPSA) is 66.0 Å². The Balaban J connectivity index is 0.00000420. The van der Waals surface area contributed by atoms with Gasteiger partial charge in [0, 0.05) is 38.8 Å². The molecule has 0 aliphatic rings. The summed E-state index contributed by atoms with van der Waals surface area (Å²) in [7, 11) is 2.03. The Bertz CT molecular complexity index is 794. The largest absolute Gasteiger partial charge is 0.492 e. The van der Waals surface area contributed by atoms with Gasteiger partial charge in [-0.1, -0.05) is 35.9 Å². The monoisotopic (exact) mass is 510 g/mol. The predicted molar refractivity (Wildman–Crippen MR) is 130 cm³/mol. The fraction of sp³-hybridized carbons (Fsp3) is 0.364. The molecule has 0 unspecified atom stereocenters. The molecule has 2 rings (SSSR count). The summed E-state index contributed by atoms with van der Waals surface area (Å²) >= 11 is 0. The van der Waals surface area contributed by atoms with Gasteiger partial charge >= 0.3 is 0 Å². The average molecular weight is 510 g/mol. The van der Waals surface area contributed by atoms with Gasteiger partial charge in [-0.05, 0) is 31.5 Å². The van der Waals surface area contributed by atoms with Crippen LogP contribution in [0.3, 0.4) is 0 Å². The third-order valence-corrected chi connectivity index (χ3v) is 4.01. The molecule has 0 fully saturated rings. The van der Waals surface area contributed by atoms with E-state index < -0.39 is 0 Å². The lowest BCUT2D eigenvalue weighted by Crippen LogP contribution is -2.38. The molecular formula is C22H31IN4O2. The lowest BCUT2D eigenvalue weighted by atomic mass is 10.1. The quantitative estimate of drug-likeness (QED) is 0.244. The van der Waals surface area contributed by atoms with Crippen LogP contribution in [0.25, 0.3) is 0 Å². The number of nitrogens with zero attached hydrogens (tertiary/aromatic N) is 2. The number of nitrogens with one attached hydrogen (secondary N) is 2. The molecule has 0 aromatic heterocycles. The standard InChI is InChI=1S/C22H30N4O2.HI/c1-5-23-22(26(4)16-19-11-9-17(2)10-12-19)24-13-14-28-21-8-6-7-20(15-21)25-18(3)27;/h6-12,15H,5,13-14,16H2,1-4H3,(H,23,24)(H,25,27);1H. The van der Waals surface area contributed by atoms with Gasteiger partial charge in [0.2, 0.25) is 5.91 Å². The highest BCUT2D eigenvalue weighted by Crippen LogP contribution is 2.17. The number of halogens is 1. The van der Waals surface area contributed by atoms with Gasteiger partial charge in [-0.25, -0.2) is 4.99 Å². The maximum absolute atomic E-state index is 11.2. The first-order valence-electron chi connectivity index (χ1n) is 9.53. The number of aliphatic imine (C=N–C) groups is 1. The van der Waals surface area contributed by atoms with Crippen molar-refractivity contribution < 1.29 is 9.53 Å². The smallest absolute Gasteiger partial charge is 0.221 e. The molecule has 0 radical (unpaired) electrons. The Morgan fingerprint density at radius 1 is 1.17 bits per heavy atom. The number of hydrogen-bond donors (Lipinski definition) is 2. The number of carbonyl (C=O) groups is 1. The first-order chi connectivity index (χ1) is 13.5. The maximum Gasteiger partial charge on any atom is 0.221 e. The molecule has 0 atom stereocenters. The van der Waals surface area contributed by atoms with Gasteiger partial charge in [0.25, 0.3) is 0 Å². The molecule has 0 aliphatic heterocycles. The third-order valence-electron chi connectivity index (χ3n) is 4.01. The number of guanidine groups is 1. The first-order valence-corrected chi connectivity index (χ1v) is 9.53. The van der Waals surface area contributed by atoms with Crippen LogP contribution in [-0.2, 0) is 11.3 Å². The van der Waals surface area contributed by atoms with Crippen LogP contribution < -0.4 is 15.4 Å². The van der Waals surface area contributed by atoms with Crippen LogP contribution >= 0.6 is 24.0 Å². The Morgan fingerprint density at radius 3 is 2.55 bits per heavy atom. The van der Waals surface area contributed by atoms with Crippen molar-refractivity contribution in [3.63, 3.8) is 0 Å². The second kappa shape index (κ2) is 13.0. The van der Waals surface area contributed by atoms with Crippen molar-refractivity contribution in [2.75, 3.05) is 32.1 Å². The number of carbonyl (C=O) groups excluding carboxylic acids is 1. The molecule has 29 heavy (non-hydrogen) atoms. The highest BCUT2D eigenvalue weighted by molar-refractivity contribution is 14.0. The molecule has 2 N–H and O–H groups in total. The average Bonchev–Trinajstić information content (AvgIpc) is 2.66. The van der Waals surface area contributed by atoms with Crippen LogP contribution in [0, 0.1) is 6.92 Å².